The normalized spacial score (nSPS) is 8.25. The number of nitro groups is 2. The monoisotopic (exact) mass is 182 g/mol. The minimum absolute atomic E-state index is 1.48. The number of carbonyl (C=O) groups is 1. The van der Waals surface area contributed by atoms with Crippen LogP contribution in [0.3, 0.4) is 0 Å². The maximum absolute atomic E-state index is 9.70. The zero-order chi connectivity index (χ0) is 10.3. The number of nitrogens with two attached hydrogens (primary N) is 2. The third-order valence-electron chi connectivity index (χ3n) is 0.620. The molecule has 0 fully saturated rings. The summed E-state index contributed by atoms with van der Waals surface area (Å²) in [5, 5.41) is 27.0. The van der Waals surface area contributed by atoms with E-state index in [4.69, 9.17) is 5.11 Å². The zero-order valence-electron chi connectivity index (χ0n) is 5.61. The lowest BCUT2D eigenvalue weighted by Gasteiger charge is -1.93. The zero-order valence-corrected chi connectivity index (χ0v) is 5.61. The molecule has 0 amide bonds. The Balaban J connectivity index is 0. The van der Waals surface area contributed by atoms with Crippen LogP contribution in [-0.4, -0.2) is 27.1 Å². The topological polar surface area (TPSA) is 176 Å². The van der Waals surface area contributed by atoms with Crippen molar-refractivity contribution in [2.45, 2.75) is 6.17 Å². The van der Waals surface area contributed by atoms with Crippen molar-refractivity contribution in [3.8, 4) is 0 Å². The minimum Gasteiger partial charge on any atom is -0.471 e. The largest absolute Gasteiger partial charge is 0.544 e. The minimum atomic E-state index is -2.75. The van der Waals surface area contributed by atoms with Gasteiger partial charge in [0.1, 0.15) is 9.85 Å². The number of hydrazine groups is 1. The van der Waals surface area contributed by atoms with Crippen molar-refractivity contribution in [1.82, 2.24) is 0 Å². The van der Waals surface area contributed by atoms with Crippen LogP contribution in [0.2, 0.25) is 0 Å². The molecule has 5 N–H and O–H groups in total. The summed E-state index contributed by atoms with van der Waals surface area (Å²) in [6.45, 7) is 0. The van der Waals surface area contributed by atoms with Gasteiger partial charge >= 0.3 is 12.1 Å². The molecule has 0 radical (unpaired) electrons. The number of nitrogens with zero attached hydrogens (tertiary/aromatic N) is 2. The maximum atomic E-state index is 9.70. The summed E-state index contributed by atoms with van der Waals surface area (Å²) in [7, 11) is 0. The Bertz CT molecular complexity index is 157. The number of aliphatic carboxylic acids is 1. The molecule has 70 valence electrons. The first kappa shape index (κ1) is 12.8. The lowest BCUT2D eigenvalue weighted by atomic mass is 10.5. The van der Waals surface area contributed by atoms with Crippen molar-refractivity contribution in [3.63, 3.8) is 0 Å². The third kappa shape index (κ3) is 4.08. The smallest absolute Gasteiger partial charge is 0.471 e. The van der Waals surface area contributed by atoms with Crippen molar-refractivity contribution >= 4 is 5.97 Å². The summed E-state index contributed by atoms with van der Waals surface area (Å²) in [5.74, 6) is 5.93. The van der Waals surface area contributed by atoms with E-state index < -0.39 is 22.0 Å². The van der Waals surface area contributed by atoms with Crippen LogP contribution in [0.1, 0.15) is 0 Å². The van der Waals surface area contributed by atoms with Crippen LogP contribution in [0, 0.1) is 20.2 Å². The SMILES string of the molecule is NN.O=C(O)C([N+](=O)[O-])[N+](=O)[O-]. The van der Waals surface area contributed by atoms with Gasteiger partial charge in [0, 0.05) is 0 Å². The molecular weight excluding hydrogens is 176 g/mol. The van der Waals surface area contributed by atoms with E-state index in [1.807, 2.05) is 0 Å². The van der Waals surface area contributed by atoms with Crippen LogP contribution in [0.15, 0.2) is 0 Å². The predicted molar refractivity (Wildman–Crippen MR) is 33.8 cm³/mol. The van der Waals surface area contributed by atoms with E-state index in [1.165, 1.54) is 0 Å². The number of hydrogen-bond acceptors (Lipinski definition) is 7. The molecule has 0 aliphatic carbocycles. The molecule has 0 heterocycles. The second-order valence-corrected chi connectivity index (χ2v) is 1.28. The highest BCUT2D eigenvalue weighted by Crippen LogP contribution is 1.89. The van der Waals surface area contributed by atoms with Gasteiger partial charge in [0.05, 0.1) is 0 Å². The lowest BCUT2D eigenvalue weighted by Crippen LogP contribution is -2.36. The second kappa shape index (κ2) is 5.94. The van der Waals surface area contributed by atoms with Gasteiger partial charge in [-0.05, 0) is 0 Å². The molecule has 0 saturated heterocycles. The summed E-state index contributed by atoms with van der Waals surface area (Å²) in [6.07, 6.45) is -2.75. The van der Waals surface area contributed by atoms with Crippen molar-refractivity contribution in [3.05, 3.63) is 20.2 Å². The van der Waals surface area contributed by atoms with Gasteiger partial charge in [-0.1, -0.05) is 0 Å². The van der Waals surface area contributed by atoms with E-state index in [2.05, 4.69) is 11.7 Å². The Hall–Kier alpha value is -1.81. The van der Waals surface area contributed by atoms with Crippen LogP contribution < -0.4 is 11.7 Å². The van der Waals surface area contributed by atoms with E-state index in [0.717, 1.165) is 0 Å². The number of hydrogen-bond donors (Lipinski definition) is 3. The van der Waals surface area contributed by atoms with Gasteiger partial charge in [0.25, 0.3) is 0 Å². The summed E-state index contributed by atoms with van der Waals surface area (Å²) in [4.78, 5) is 25.9. The molecule has 0 aliphatic heterocycles. The summed E-state index contributed by atoms with van der Waals surface area (Å²) in [6, 6.07) is 0. The fourth-order valence-electron chi connectivity index (χ4n) is 0.257. The molecule has 0 unspecified atom stereocenters. The molecule has 12 heavy (non-hydrogen) atoms. The van der Waals surface area contributed by atoms with Gasteiger partial charge in [-0.3, -0.25) is 31.9 Å². The highest BCUT2D eigenvalue weighted by molar-refractivity contribution is 5.69. The molecule has 10 nitrogen and oxygen atoms in total. The molecule has 0 bridgehead atoms. The molecule has 0 aromatic heterocycles. The highest BCUT2D eigenvalue weighted by Gasteiger charge is 2.41. The number of carboxylic acid groups (broad SMARTS) is 1. The Kier molecular flexibility index (Phi) is 6.35. The van der Waals surface area contributed by atoms with E-state index in [0.29, 0.717) is 0 Å². The van der Waals surface area contributed by atoms with Crippen LogP contribution in [0.4, 0.5) is 0 Å². The van der Waals surface area contributed by atoms with E-state index in [-0.39, 0.29) is 0 Å². The van der Waals surface area contributed by atoms with Gasteiger partial charge in [-0.25, -0.2) is 4.79 Å². The average molecular weight is 182 g/mol. The quantitative estimate of drug-likeness (QED) is 0.190. The first-order valence-corrected chi connectivity index (χ1v) is 2.30. The summed E-state index contributed by atoms with van der Waals surface area (Å²) in [5.41, 5.74) is 0. The third-order valence-corrected chi connectivity index (χ3v) is 0.620. The molecule has 0 aromatic rings. The first-order chi connectivity index (χ1) is 5.46. The molecular formula is C2H6N4O6. The van der Waals surface area contributed by atoms with E-state index in [1.54, 1.807) is 0 Å². The Labute approximate surface area is 65.0 Å². The maximum Gasteiger partial charge on any atom is 0.544 e. The molecule has 0 saturated carbocycles. The highest BCUT2D eigenvalue weighted by atomic mass is 16.7. The van der Waals surface area contributed by atoms with Crippen LogP contribution in [-0.2, 0) is 4.79 Å². The fraction of sp³-hybridized carbons (Fsp3) is 0.500. The number of rotatable bonds is 3. The Morgan fingerprint density at radius 3 is 1.50 bits per heavy atom. The second-order valence-electron chi connectivity index (χ2n) is 1.28. The Morgan fingerprint density at radius 1 is 1.25 bits per heavy atom. The van der Waals surface area contributed by atoms with Crippen molar-refractivity contribution in [2.24, 2.45) is 11.7 Å². The van der Waals surface area contributed by atoms with Crippen LogP contribution >= 0.6 is 0 Å². The lowest BCUT2D eigenvalue weighted by molar-refractivity contribution is -0.725. The predicted octanol–water partition coefficient (Wildman–Crippen LogP) is -2.23. The van der Waals surface area contributed by atoms with Gasteiger partial charge in [-0.15, -0.1) is 0 Å². The molecule has 0 aliphatic rings. The molecule has 10 heteroatoms. The van der Waals surface area contributed by atoms with Crippen LogP contribution in [0.25, 0.3) is 0 Å². The molecule has 0 atom stereocenters. The first-order valence-electron chi connectivity index (χ1n) is 2.30. The van der Waals surface area contributed by atoms with Crippen LogP contribution in [0.5, 0.6) is 0 Å². The van der Waals surface area contributed by atoms with Gasteiger partial charge in [-0.2, -0.15) is 0 Å². The summed E-state index contributed by atoms with van der Waals surface area (Å²) < 4.78 is 0. The van der Waals surface area contributed by atoms with E-state index >= 15 is 0 Å². The fourth-order valence-corrected chi connectivity index (χ4v) is 0.257. The van der Waals surface area contributed by atoms with Gasteiger partial charge in [0.15, 0.2) is 0 Å². The molecule has 0 rings (SSSR count). The van der Waals surface area contributed by atoms with E-state index in [9.17, 15) is 25.0 Å². The number of carboxylic acids is 1. The Morgan fingerprint density at radius 2 is 1.50 bits per heavy atom. The molecule has 0 aromatic carbocycles. The van der Waals surface area contributed by atoms with Crippen molar-refractivity contribution in [1.29, 1.82) is 0 Å². The molecule has 0 spiro atoms. The van der Waals surface area contributed by atoms with Crippen molar-refractivity contribution in [2.75, 3.05) is 0 Å². The standard InChI is InChI=1S/C2H2N2O6.H4N2/c5-2(6)1(3(7)8)4(9)10;1-2/h1H,(H,5,6);1-2H2. The summed E-state index contributed by atoms with van der Waals surface area (Å²) >= 11 is 0. The van der Waals surface area contributed by atoms with Gasteiger partial charge < -0.3 is 5.11 Å². The van der Waals surface area contributed by atoms with Gasteiger partial charge in [0.2, 0.25) is 0 Å². The average Bonchev–Trinajstić information content (AvgIpc) is 1.88. The van der Waals surface area contributed by atoms with Crippen molar-refractivity contribution < 1.29 is 19.7 Å².